The second kappa shape index (κ2) is 8.79. The van der Waals surface area contributed by atoms with Gasteiger partial charge in [-0.25, -0.2) is 23.3 Å². The first-order valence-corrected chi connectivity index (χ1v) is 12.6. The average molecular weight is 512 g/mol. The summed E-state index contributed by atoms with van der Waals surface area (Å²) >= 11 is 1.26. The van der Waals surface area contributed by atoms with Crippen molar-refractivity contribution in [2.45, 2.75) is 31.4 Å². The van der Waals surface area contributed by atoms with Gasteiger partial charge in [0.05, 0.1) is 17.7 Å². The van der Waals surface area contributed by atoms with Crippen LogP contribution in [0.5, 0.6) is 0 Å². The number of benzene rings is 1. The molecule has 4 aromatic rings. The molecule has 5 heterocycles. The van der Waals surface area contributed by atoms with Crippen LogP contribution in [0.2, 0.25) is 0 Å². The van der Waals surface area contributed by atoms with Crippen LogP contribution in [0.4, 0.5) is 20.4 Å². The topological polar surface area (TPSA) is 113 Å². The molecular formula is C24H23F2N7O2S. The van der Waals surface area contributed by atoms with E-state index >= 15 is 0 Å². The largest absolute Gasteiger partial charge is 0.391 e. The summed E-state index contributed by atoms with van der Waals surface area (Å²) in [6.07, 6.45) is 3.24. The molecule has 1 amide bonds. The molecule has 1 unspecified atom stereocenters. The predicted molar refractivity (Wildman–Crippen MR) is 131 cm³/mol. The number of rotatable bonds is 4. The van der Waals surface area contributed by atoms with E-state index in [-0.39, 0.29) is 23.5 Å². The summed E-state index contributed by atoms with van der Waals surface area (Å²) in [6, 6.07) is 4.93. The number of hydrogen-bond donors (Lipinski definition) is 2. The first kappa shape index (κ1) is 22.8. The van der Waals surface area contributed by atoms with Gasteiger partial charge >= 0.3 is 0 Å². The molecule has 2 saturated heterocycles. The van der Waals surface area contributed by atoms with E-state index in [1.807, 2.05) is 4.90 Å². The van der Waals surface area contributed by atoms with Crippen molar-refractivity contribution >= 4 is 34.5 Å². The lowest BCUT2D eigenvalue weighted by Crippen LogP contribution is -2.29. The first-order valence-electron chi connectivity index (χ1n) is 11.7. The molecular weight excluding hydrogens is 488 g/mol. The quantitative estimate of drug-likeness (QED) is 0.432. The summed E-state index contributed by atoms with van der Waals surface area (Å²) in [7, 11) is 0. The number of amides is 1. The lowest BCUT2D eigenvalue weighted by molar-refractivity contribution is 0.0760. The molecule has 2 fully saturated rings. The minimum absolute atomic E-state index is 0.221. The van der Waals surface area contributed by atoms with Crippen LogP contribution in [-0.2, 0) is 0 Å². The molecule has 0 bridgehead atoms. The number of aromatic nitrogens is 4. The third-order valence-corrected chi connectivity index (χ3v) is 7.61. The van der Waals surface area contributed by atoms with Crippen LogP contribution in [0.25, 0.3) is 16.2 Å². The average Bonchev–Trinajstić information content (AvgIpc) is 3.65. The second-order valence-electron chi connectivity index (χ2n) is 9.06. The van der Waals surface area contributed by atoms with Crippen LogP contribution in [0.3, 0.4) is 0 Å². The second-order valence-corrected chi connectivity index (χ2v) is 9.92. The SMILES string of the molecule is Nc1nn2ccc(N3CCCC3c3cc(F)ccc3F)nc2c1-c1nc(C(=O)N2CC[C@H](O)C2)cs1. The molecule has 3 N–H and O–H groups in total. The maximum atomic E-state index is 14.6. The van der Waals surface area contributed by atoms with E-state index < -0.39 is 17.7 Å². The summed E-state index contributed by atoms with van der Waals surface area (Å²) in [4.78, 5) is 25.6. The van der Waals surface area contributed by atoms with E-state index in [1.54, 1.807) is 27.1 Å². The Labute approximate surface area is 208 Å². The highest BCUT2D eigenvalue weighted by atomic mass is 32.1. The van der Waals surface area contributed by atoms with Crippen molar-refractivity contribution in [1.29, 1.82) is 0 Å². The number of halogens is 2. The van der Waals surface area contributed by atoms with Crippen molar-refractivity contribution in [3.63, 3.8) is 0 Å². The normalized spacial score (nSPS) is 20.1. The standard InChI is InChI=1S/C24H23F2N7O2S/c25-13-3-4-16(26)15(10-13)18-2-1-7-32(18)19-6-9-33-22(29-19)20(21(27)30-33)23-28-17(12-36-23)24(35)31-8-5-14(34)11-31/h3-4,6,9-10,12,14,18,34H,1-2,5,7-8,11H2,(H2,27,30)/t14-,18?/m0/s1. The van der Waals surface area contributed by atoms with Crippen LogP contribution >= 0.6 is 11.3 Å². The Morgan fingerprint density at radius 1 is 1.17 bits per heavy atom. The monoisotopic (exact) mass is 511 g/mol. The summed E-state index contributed by atoms with van der Waals surface area (Å²) in [5.74, 6) is -0.360. The van der Waals surface area contributed by atoms with E-state index in [0.717, 1.165) is 18.6 Å². The van der Waals surface area contributed by atoms with E-state index in [4.69, 9.17) is 10.7 Å². The van der Waals surface area contributed by atoms with Gasteiger partial charge in [-0.1, -0.05) is 0 Å². The summed E-state index contributed by atoms with van der Waals surface area (Å²) in [5.41, 5.74) is 7.78. The Bertz CT molecular complexity index is 1470. The molecule has 2 aliphatic heterocycles. The number of nitrogens with two attached hydrogens (primary N) is 1. The highest BCUT2D eigenvalue weighted by molar-refractivity contribution is 7.13. The lowest BCUT2D eigenvalue weighted by atomic mass is 10.0. The van der Waals surface area contributed by atoms with Gasteiger partial charge in [0.15, 0.2) is 11.5 Å². The minimum atomic E-state index is -0.514. The number of fused-ring (bicyclic) bond motifs is 1. The number of carbonyl (C=O) groups excluding carboxylic acids is 1. The number of likely N-dealkylation sites (tertiary alicyclic amines) is 1. The highest BCUT2D eigenvalue weighted by Gasteiger charge is 2.31. The lowest BCUT2D eigenvalue weighted by Gasteiger charge is -2.26. The fraction of sp³-hybridized carbons (Fsp3) is 0.333. The van der Waals surface area contributed by atoms with Crippen LogP contribution < -0.4 is 10.6 Å². The Balaban J connectivity index is 1.35. The molecule has 0 spiro atoms. The molecule has 186 valence electrons. The molecule has 0 radical (unpaired) electrons. The molecule has 12 heteroatoms. The zero-order chi connectivity index (χ0) is 25.0. The first-order chi connectivity index (χ1) is 17.4. The van der Waals surface area contributed by atoms with Gasteiger partial charge in [0.2, 0.25) is 0 Å². The van der Waals surface area contributed by atoms with Gasteiger partial charge in [-0.05, 0) is 43.5 Å². The number of hydrogen-bond acceptors (Lipinski definition) is 8. The fourth-order valence-corrected chi connectivity index (χ4v) is 5.85. The zero-order valence-electron chi connectivity index (χ0n) is 19.1. The van der Waals surface area contributed by atoms with Gasteiger partial charge in [0.1, 0.15) is 28.2 Å². The third-order valence-electron chi connectivity index (χ3n) is 6.75. The third kappa shape index (κ3) is 3.86. The van der Waals surface area contributed by atoms with Crippen LogP contribution in [0, 0.1) is 11.6 Å². The molecule has 0 saturated carbocycles. The van der Waals surface area contributed by atoms with Crippen LogP contribution in [-0.4, -0.2) is 61.2 Å². The summed E-state index contributed by atoms with van der Waals surface area (Å²) in [5, 5.41) is 16.3. The van der Waals surface area contributed by atoms with E-state index in [0.29, 0.717) is 60.1 Å². The highest BCUT2D eigenvalue weighted by Crippen LogP contribution is 2.38. The number of aliphatic hydroxyl groups is 1. The van der Waals surface area contributed by atoms with E-state index in [2.05, 4.69) is 10.1 Å². The van der Waals surface area contributed by atoms with Crippen molar-refractivity contribution in [2.24, 2.45) is 0 Å². The number of thiazole rings is 1. The maximum Gasteiger partial charge on any atom is 0.273 e. The molecule has 2 aliphatic rings. The van der Waals surface area contributed by atoms with Crippen LogP contribution in [0.1, 0.15) is 41.4 Å². The van der Waals surface area contributed by atoms with Crippen molar-refractivity contribution in [3.05, 3.63) is 58.7 Å². The van der Waals surface area contributed by atoms with Crippen molar-refractivity contribution in [1.82, 2.24) is 24.5 Å². The van der Waals surface area contributed by atoms with E-state index in [1.165, 1.54) is 17.4 Å². The number of nitrogens with zero attached hydrogens (tertiary/aromatic N) is 6. The molecule has 36 heavy (non-hydrogen) atoms. The number of carbonyl (C=O) groups is 1. The molecule has 3 aromatic heterocycles. The molecule has 0 aliphatic carbocycles. The zero-order valence-corrected chi connectivity index (χ0v) is 20.0. The minimum Gasteiger partial charge on any atom is -0.391 e. The van der Waals surface area contributed by atoms with Gasteiger partial charge in [0.25, 0.3) is 5.91 Å². The summed E-state index contributed by atoms with van der Waals surface area (Å²) < 4.78 is 30.0. The Kier molecular flexibility index (Phi) is 5.56. The van der Waals surface area contributed by atoms with Crippen molar-refractivity contribution in [2.75, 3.05) is 30.3 Å². The predicted octanol–water partition coefficient (Wildman–Crippen LogP) is 3.26. The fourth-order valence-electron chi connectivity index (χ4n) is 5.01. The van der Waals surface area contributed by atoms with Gasteiger partial charge in [-0.15, -0.1) is 16.4 Å². The Morgan fingerprint density at radius 3 is 2.83 bits per heavy atom. The van der Waals surface area contributed by atoms with Gasteiger partial charge in [-0.3, -0.25) is 4.79 Å². The van der Waals surface area contributed by atoms with Crippen molar-refractivity contribution in [3.8, 4) is 10.6 Å². The molecule has 6 rings (SSSR count). The van der Waals surface area contributed by atoms with E-state index in [9.17, 15) is 18.7 Å². The van der Waals surface area contributed by atoms with Gasteiger partial charge < -0.3 is 20.6 Å². The number of nitrogen functional groups attached to an aromatic ring is 1. The number of aliphatic hydroxyl groups excluding tert-OH is 1. The smallest absolute Gasteiger partial charge is 0.273 e. The summed E-state index contributed by atoms with van der Waals surface area (Å²) in [6.45, 7) is 1.41. The maximum absolute atomic E-state index is 14.6. The molecule has 1 aromatic carbocycles. The Hall–Kier alpha value is -3.64. The molecule has 2 atom stereocenters. The van der Waals surface area contributed by atoms with Gasteiger partial charge in [-0.2, -0.15) is 0 Å². The van der Waals surface area contributed by atoms with Crippen molar-refractivity contribution < 1.29 is 18.7 Å². The number of anilines is 2. The van der Waals surface area contributed by atoms with Gasteiger partial charge in [0, 0.05) is 36.8 Å². The Morgan fingerprint density at radius 2 is 2.03 bits per heavy atom. The number of β-amino-alcohol motifs (C(OH)–C–C–N with tert-alkyl or cyclic N) is 1. The molecule has 9 nitrogen and oxygen atoms in total. The van der Waals surface area contributed by atoms with Crippen LogP contribution in [0.15, 0.2) is 35.8 Å².